The third kappa shape index (κ3) is 3.09. The topological polar surface area (TPSA) is 72.3 Å². The van der Waals surface area contributed by atoms with Gasteiger partial charge >= 0.3 is 0 Å². The molecular formula is C24H19N3O3S. The van der Waals surface area contributed by atoms with E-state index in [0.29, 0.717) is 21.3 Å². The van der Waals surface area contributed by atoms with Gasteiger partial charge in [-0.2, -0.15) is 0 Å². The van der Waals surface area contributed by atoms with Gasteiger partial charge in [-0.15, -0.1) is 11.3 Å². The molecule has 154 valence electrons. The van der Waals surface area contributed by atoms with Gasteiger partial charge in [0.1, 0.15) is 4.83 Å². The fourth-order valence-corrected chi connectivity index (χ4v) is 4.99. The van der Waals surface area contributed by atoms with Crippen LogP contribution in [0.15, 0.2) is 59.0 Å². The number of hydrogen-bond acceptors (Lipinski definition) is 5. The summed E-state index contributed by atoms with van der Waals surface area (Å²) in [6.07, 6.45) is 1.49. The molecule has 6 nitrogen and oxygen atoms in total. The minimum absolute atomic E-state index is 0.114. The van der Waals surface area contributed by atoms with Crippen LogP contribution in [0.25, 0.3) is 21.3 Å². The summed E-state index contributed by atoms with van der Waals surface area (Å²) in [7, 11) is 0. The maximum atomic E-state index is 13.3. The summed E-state index contributed by atoms with van der Waals surface area (Å²) in [6.45, 7) is 4.37. The predicted octanol–water partition coefficient (Wildman–Crippen LogP) is 4.04. The number of nitrogens with zero attached hydrogens (tertiary/aromatic N) is 3. The van der Waals surface area contributed by atoms with Crippen molar-refractivity contribution in [2.45, 2.75) is 20.4 Å². The van der Waals surface area contributed by atoms with E-state index in [1.165, 1.54) is 27.1 Å². The molecule has 0 radical (unpaired) electrons. The number of rotatable bonds is 4. The van der Waals surface area contributed by atoms with Crippen LogP contribution in [0.5, 0.6) is 0 Å². The van der Waals surface area contributed by atoms with E-state index < -0.39 is 0 Å². The van der Waals surface area contributed by atoms with Crippen LogP contribution in [0, 0.1) is 13.8 Å². The zero-order valence-corrected chi connectivity index (χ0v) is 17.9. The van der Waals surface area contributed by atoms with Gasteiger partial charge in [0.2, 0.25) is 0 Å². The van der Waals surface area contributed by atoms with Crippen LogP contribution in [-0.2, 0) is 6.54 Å². The smallest absolute Gasteiger partial charge is 0.262 e. The maximum absolute atomic E-state index is 13.3. The molecule has 0 atom stereocenters. The molecule has 0 saturated carbocycles. The Morgan fingerprint density at radius 3 is 2.26 bits per heavy atom. The summed E-state index contributed by atoms with van der Waals surface area (Å²) < 4.78 is 1.48. The third-order valence-corrected chi connectivity index (χ3v) is 6.56. The number of imide groups is 1. The van der Waals surface area contributed by atoms with Gasteiger partial charge in [-0.05, 0) is 37.1 Å². The van der Waals surface area contributed by atoms with E-state index in [1.54, 1.807) is 24.3 Å². The van der Waals surface area contributed by atoms with E-state index in [9.17, 15) is 14.4 Å². The first kappa shape index (κ1) is 19.4. The Kier molecular flexibility index (Phi) is 4.55. The Balaban J connectivity index is 1.48. The van der Waals surface area contributed by atoms with E-state index >= 15 is 0 Å². The number of fused-ring (bicyclic) bond motifs is 2. The molecule has 7 heteroatoms. The summed E-state index contributed by atoms with van der Waals surface area (Å²) in [5.41, 5.74) is 4.78. The molecule has 3 heterocycles. The van der Waals surface area contributed by atoms with Crippen molar-refractivity contribution < 1.29 is 9.59 Å². The lowest BCUT2D eigenvalue weighted by atomic mass is 9.99. The number of amides is 2. The highest BCUT2D eigenvalue weighted by molar-refractivity contribution is 7.17. The molecule has 0 saturated heterocycles. The summed E-state index contributed by atoms with van der Waals surface area (Å²) >= 11 is 1.44. The zero-order chi connectivity index (χ0) is 21.7. The molecule has 0 spiro atoms. The van der Waals surface area contributed by atoms with Crippen LogP contribution < -0.4 is 5.56 Å². The molecule has 1 aliphatic heterocycles. The number of benzene rings is 2. The molecule has 0 bridgehead atoms. The van der Waals surface area contributed by atoms with Crippen molar-refractivity contribution in [1.29, 1.82) is 0 Å². The average Bonchev–Trinajstić information content (AvgIpc) is 3.29. The zero-order valence-electron chi connectivity index (χ0n) is 17.1. The largest absolute Gasteiger partial charge is 0.297 e. The van der Waals surface area contributed by atoms with E-state index in [0.717, 1.165) is 22.3 Å². The number of aromatic nitrogens is 2. The summed E-state index contributed by atoms with van der Waals surface area (Å²) in [5, 5.41) is 2.53. The highest BCUT2D eigenvalue weighted by atomic mass is 32.1. The van der Waals surface area contributed by atoms with Crippen molar-refractivity contribution in [3.8, 4) is 11.1 Å². The lowest BCUT2D eigenvalue weighted by molar-refractivity contribution is 0.0648. The number of carbonyl (C=O) groups is 2. The Morgan fingerprint density at radius 1 is 0.871 bits per heavy atom. The minimum atomic E-state index is -0.325. The number of hydrogen-bond donors (Lipinski definition) is 0. The van der Waals surface area contributed by atoms with Gasteiger partial charge in [0.25, 0.3) is 17.4 Å². The summed E-state index contributed by atoms with van der Waals surface area (Å²) in [6, 6.07) is 12.9. The molecule has 0 fully saturated rings. The second kappa shape index (κ2) is 7.28. The fourth-order valence-electron chi connectivity index (χ4n) is 4.09. The van der Waals surface area contributed by atoms with Crippen molar-refractivity contribution in [1.82, 2.24) is 14.5 Å². The van der Waals surface area contributed by atoms with Gasteiger partial charge in [0, 0.05) is 24.0 Å². The molecule has 1 aliphatic rings. The molecule has 2 aromatic carbocycles. The Hall–Kier alpha value is -3.58. The molecule has 0 unspecified atom stereocenters. The predicted molar refractivity (Wildman–Crippen MR) is 121 cm³/mol. The second-order valence-electron chi connectivity index (χ2n) is 7.70. The number of carbonyl (C=O) groups excluding carboxylic acids is 2. The van der Waals surface area contributed by atoms with Crippen LogP contribution in [0.3, 0.4) is 0 Å². The van der Waals surface area contributed by atoms with Gasteiger partial charge in [0.15, 0.2) is 0 Å². The van der Waals surface area contributed by atoms with Crippen molar-refractivity contribution in [3.05, 3.63) is 86.8 Å². The van der Waals surface area contributed by atoms with Crippen LogP contribution >= 0.6 is 11.3 Å². The van der Waals surface area contributed by atoms with Gasteiger partial charge in [0.05, 0.1) is 22.8 Å². The highest BCUT2D eigenvalue weighted by Crippen LogP contribution is 2.33. The lowest BCUT2D eigenvalue weighted by Gasteiger charge is -2.14. The highest BCUT2D eigenvalue weighted by Gasteiger charge is 2.34. The first-order valence-electron chi connectivity index (χ1n) is 9.95. The minimum Gasteiger partial charge on any atom is -0.297 e. The quantitative estimate of drug-likeness (QED) is 0.459. The van der Waals surface area contributed by atoms with Crippen molar-refractivity contribution in [3.63, 3.8) is 0 Å². The summed E-state index contributed by atoms with van der Waals surface area (Å²) in [5.74, 6) is -0.650. The van der Waals surface area contributed by atoms with Gasteiger partial charge in [-0.1, -0.05) is 35.9 Å². The first-order chi connectivity index (χ1) is 15.0. The standard InChI is InChI=1S/C24H19N3O3S/c1-14-7-8-16(15(2)11-14)19-12-31-21-20(19)24(30)26(13-25-21)9-10-27-22(28)17-5-3-4-6-18(17)23(27)29/h3-8,11-13H,9-10H2,1-2H3. The van der Waals surface area contributed by atoms with Crippen LogP contribution in [0.2, 0.25) is 0 Å². The first-order valence-corrected chi connectivity index (χ1v) is 10.8. The monoisotopic (exact) mass is 429 g/mol. The van der Waals surface area contributed by atoms with E-state index in [1.807, 2.05) is 31.4 Å². The SMILES string of the molecule is Cc1ccc(-c2csc3ncn(CCN4C(=O)c5ccccc5C4=O)c(=O)c23)c(C)c1. The molecule has 31 heavy (non-hydrogen) atoms. The van der Waals surface area contributed by atoms with Crippen LogP contribution in [0.4, 0.5) is 0 Å². The van der Waals surface area contributed by atoms with Gasteiger partial charge in [-0.25, -0.2) is 4.98 Å². The molecule has 5 rings (SSSR count). The molecular weight excluding hydrogens is 410 g/mol. The second-order valence-corrected chi connectivity index (χ2v) is 8.56. The van der Waals surface area contributed by atoms with E-state index in [2.05, 4.69) is 11.1 Å². The van der Waals surface area contributed by atoms with Crippen molar-refractivity contribution in [2.75, 3.05) is 6.54 Å². The average molecular weight is 430 g/mol. The molecule has 0 aliphatic carbocycles. The summed E-state index contributed by atoms with van der Waals surface area (Å²) in [4.78, 5) is 44.8. The third-order valence-electron chi connectivity index (χ3n) is 5.68. The Bertz CT molecular complexity index is 1400. The normalized spacial score (nSPS) is 13.3. The van der Waals surface area contributed by atoms with Crippen molar-refractivity contribution in [2.24, 2.45) is 0 Å². The van der Waals surface area contributed by atoms with Crippen LogP contribution in [-0.4, -0.2) is 32.8 Å². The van der Waals surface area contributed by atoms with Crippen molar-refractivity contribution >= 4 is 33.4 Å². The van der Waals surface area contributed by atoms with E-state index in [-0.39, 0.29) is 30.5 Å². The molecule has 2 aromatic heterocycles. The lowest BCUT2D eigenvalue weighted by Crippen LogP contribution is -2.35. The van der Waals surface area contributed by atoms with Crippen LogP contribution in [0.1, 0.15) is 31.8 Å². The number of thiophene rings is 1. The molecule has 0 N–H and O–H groups in total. The van der Waals surface area contributed by atoms with Gasteiger partial charge < -0.3 is 0 Å². The van der Waals surface area contributed by atoms with Gasteiger partial charge in [-0.3, -0.25) is 23.9 Å². The Labute approximate surface area is 182 Å². The Morgan fingerprint density at radius 2 is 1.58 bits per heavy atom. The fraction of sp³-hybridized carbons (Fsp3) is 0.167. The molecule has 4 aromatic rings. The molecule has 2 amide bonds. The maximum Gasteiger partial charge on any atom is 0.262 e. The van der Waals surface area contributed by atoms with E-state index in [4.69, 9.17) is 0 Å². The number of aryl methyl sites for hydroxylation is 2.